The lowest BCUT2D eigenvalue weighted by Crippen LogP contribution is -2.44. The molecule has 0 spiro atoms. The lowest BCUT2D eigenvalue weighted by molar-refractivity contribution is -0.127. The number of anilines is 1. The minimum Gasteiger partial charge on any atom is -0.491 e. The zero-order valence-electron chi connectivity index (χ0n) is 17.0. The molecule has 1 aliphatic rings. The van der Waals surface area contributed by atoms with Crippen molar-refractivity contribution in [2.75, 3.05) is 18.9 Å². The van der Waals surface area contributed by atoms with Gasteiger partial charge >= 0.3 is 6.03 Å². The molecule has 0 aliphatic carbocycles. The van der Waals surface area contributed by atoms with Gasteiger partial charge < -0.3 is 15.8 Å². The summed E-state index contributed by atoms with van der Waals surface area (Å²) in [5.41, 5.74) is 9.73. The van der Waals surface area contributed by atoms with E-state index >= 15 is 0 Å². The van der Waals surface area contributed by atoms with Crippen LogP contribution in [-0.2, 0) is 11.2 Å². The summed E-state index contributed by atoms with van der Waals surface area (Å²) in [4.78, 5) is 29.7. The van der Waals surface area contributed by atoms with E-state index in [9.17, 15) is 9.59 Å². The molecule has 2 aromatic carbocycles. The first-order chi connectivity index (χ1) is 15.1. The number of nitrogens with zero attached hydrogens (tertiary/aromatic N) is 2. The van der Waals surface area contributed by atoms with Crippen molar-refractivity contribution in [3.8, 4) is 16.9 Å². The smallest absolute Gasteiger partial charge is 0.324 e. The molecule has 3 aromatic rings. The molecule has 1 atom stereocenters. The third-order valence-corrected chi connectivity index (χ3v) is 5.28. The first-order valence-electron chi connectivity index (χ1n) is 10.2. The van der Waals surface area contributed by atoms with Crippen LogP contribution in [0, 0.1) is 0 Å². The lowest BCUT2D eigenvalue weighted by atomic mass is 10.0. The van der Waals surface area contributed by atoms with Crippen LogP contribution in [0.25, 0.3) is 11.1 Å². The van der Waals surface area contributed by atoms with Crippen molar-refractivity contribution in [2.45, 2.75) is 18.9 Å². The second-order valence-electron chi connectivity index (χ2n) is 7.43. The van der Waals surface area contributed by atoms with E-state index in [0.29, 0.717) is 24.3 Å². The minimum atomic E-state index is -0.370. The number of nitrogens with one attached hydrogen (secondary N) is 1. The van der Waals surface area contributed by atoms with Gasteiger partial charge in [0.1, 0.15) is 12.4 Å². The van der Waals surface area contributed by atoms with Crippen molar-refractivity contribution < 1.29 is 14.3 Å². The topological polar surface area (TPSA) is 97.6 Å². The van der Waals surface area contributed by atoms with Crippen LogP contribution in [0.5, 0.6) is 5.75 Å². The van der Waals surface area contributed by atoms with Gasteiger partial charge in [0.2, 0.25) is 5.91 Å². The van der Waals surface area contributed by atoms with Gasteiger partial charge in [0.25, 0.3) is 0 Å². The number of pyridine rings is 1. The molecule has 2 heterocycles. The molecule has 0 radical (unpaired) electrons. The Kier molecular flexibility index (Phi) is 6.12. The van der Waals surface area contributed by atoms with Gasteiger partial charge in [0.05, 0.1) is 12.6 Å². The first-order valence-corrected chi connectivity index (χ1v) is 10.2. The van der Waals surface area contributed by atoms with E-state index in [1.165, 1.54) is 4.90 Å². The summed E-state index contributed by atoms with van der Waals surface area (Å²) in [6.07, 6.45) is 4.78. The molecule has 1 aromatic heterocycles. The number of urea groups is 1. The predicted octanol–water partition coefficient (Wildman–Crippen LogP) is 3.26. The summed E-state index contributed by atoms with van der Waals surface area (Å²) in [6.45, 7) is 0.251. The van der Waals surface area contributed by atoms with E-state index < -0.39 is 0 Å². The Labute approximate surface area is 180 Å². The fourth-order valence-corrected chi connectivity index (χ4v) is 3.63. The van der Waals surface area contributed by atoms with Gasteiger partial charge in [-0.25, -0.2) is 4.79 Å². The zero-order chi connectivity index (χ0) is 21.6. The van der Waals surface area contributed by atoms with Crippen molar-refractivity contribution in [1.82, 2.24) is 15.2 Å². The normalized spacial score (nSPS) is 14.4. The quantitative estimate of drug-likeness (QED) is 0.434. The molecule has 4 rings (SSSR count). The molecule has 0 bridgehead atoms. The van der Waals surface area contributed by atoms with Crippen LogP contribution < -0.4 is 15.8 Å². The van der Waals surface area contributed by atoms with Crippen LogP contribution in [0.4, 0.5) is 10.5 Å². The molecule has 1 fully saturated rings. The molecule has 3 N–H and O–H groups in total. The van der Waals surface area contributed by atoms with Crippen LogP contribution in [-0.4, -0.2) is 41.0 Å². The average Bonchev–Trinajstić information content (AvgIpc) is 3.13. The lowest BCUT2D eigenvalue weighted by Gasteiger charge is -2.25. The van der Waals surface area contributed by atoms with Gasteiger partial charge in [0.15, 0.2) is 0 Å². The Morgan fingerprint density at radius 3 is 2.48 bits per heavy atom. The third-order valence-electron chi connectivity index (χ3n) is 5.28. The van der Waals surface area contributed by atoms with Gasteiger partial charge in [0, 0.05) is 18.1 Å². The molecule has 7 nitrogen and oxygen atoms in total. The predicted molar refractivity (Wildman–Crippen MR) is 118 cm³/mol. The van der Waals surface area contributed by atoms with Crippen molar-refractivity contribution >= 4 is 17.6 Å². The van der Waals surface area contributed by atoms with Gasteiger partial charge in [-0.05, 0) is 65.9 Å². The highest BCUT2D eigenvalue weighted by Gasteiger charge is 2.35. The maximum atomic E-state index is 12.2. The number of imide groups is 1. The van der Waals surface area contributed by atoms with Gasteiger partial charge in [-0.1, -0.05) is 24.3 Å². The molecule has 1 saturated heterocycles. The molecule has 31 heavy (non-hydrogen) atoms. The van der Waals surface area contributed by atoms with E-state index in [4.69, 9.17) is 10.5 Å². The molecule has 0 saturated carbocycles. The molecule has 158 valence electrons. The number of aromatic nitrogens is 1. The fourth-order valence-electron chi connectivity index (χ4n) is 3.63. The van der Waals surface area contributed by atoms with Gasteiger partial charge in [-0.15, -0.1) is 0 Å². The number of hydrogen-bond acceptors (Lipinski definition) is 5. The Morgan fingerprint density at radius 2 is 1.81 bits per heavy atom. The number of ether oxygens (including phenoxy) is 1. The van der Waals surface area contributed by atoms with Crippen LogP contribution in [0.15, 0.2) is 73.1 Å². The molecule has 3 amide bonds. The number of carbonyl (C=O) groups is 2. The van der Waals surface area contributed by atoms with E-state index in [1.807, 2.05) is 60.7 Å². The second kappa shape index (κ2) is 9.30. The van der Waals surface area contributed by atoms with Crippen molar-refractivity contribution in [2.24, 2.45) is 0 Å². The maximum Gasteiger partial charge on any atom is 0.324 e. The van der Waals surface area contributed by atoms with E-state index in [-0.39, 0.29) is 31.1 Å². The maximum absolute atomic E-state index is 12.2. The van der Waals surface area contributed by atoms with Crippen LogP contribution in [0.2, 0.25) is 0 Å². The van der Waals surface area contributed by atoms with Crippen molar-refractivity contribution in [1.29, 1.82) is 0 Å². The highest BCUT2D eigenvalue weighted by Crippen LogP contribution is 2.24. The number of amides is 3. The largest absolute Gasteiger partial charge is 0.491 e. The number of rotatable bonds is 8. The van der Waals surface area contributed by atoms with E-state index in [1.54, 1.807) is 12.4 Å². The van der Waals surface area contributed by atoms with Crippen molar-refractivity contribution in [3.63, 3.8) is 0 Å². The Hall–Kier alpha value is -3.87. The number of carbonyl (C=O) groups excluding carboxylic acids is 2. The van der Waals surface area contributed by atoms with E-state index in [2.05, 4.69) is 10.3 Å². The summed E-state index contributed by atoms with van der Waals surface area (Å²) in [5.74, 6) is 0.443. The standard InChI is InChI=1S/C24H24N4O3/c25-20-3-1-2-19(14-20)18-5-8-22(9-6-18)31-16-21(28-23(29)15-27-24(28)30)7-4-17-10-12-26-13-11-17/h1-3,5-6,8-14,21H,4,7,15-16,25H2,(H,27,30)/t21-/m0/s1. The SMILES string of the molecule is Nc1cccc(-c2ccc(OC[C@H](CCc3ccncc3)N3C(=O)CNC3=O)cc2)c1. The highest BCUT2D eigenvalue weighted by atomic mass is 16.5. The number of nitrogen functional groups attached to an aromatic ring is 1. The summed E-state index contributed by atoms with van der Waals surface area (Å²) in [7, 11) is 0. The zero-order valence-corrected chi connectivity index (χ0v) is 17.0. The highest BCUT2D eigenvalue weighted by molar-refractivity contribution is 6.02. The summed E-state index contributed by atoms with van der Waals surface area (Å²) < 4.78 is 5.97. The summed E-state index contributed by atoms with van der Waals surface area (Å²) >= 11 is 0. The number of hydrogen-bond donors (Lipinski definition) is 2. The average molecular weight is 416 g/mol. The summed E-state index contributed by atoms with van der Waals surface area (Å²) in [5, 5.41) is 2.59. The Balaban J connectivity index is 1.44. The molecule has 1 aliphatic heterocycles. The third kappa shape index (κ3) is 5.01. The molecule has 7 heteroatoms. The van der Waals surface area contributed by atoms with Gasteiger partial charge in [-0.3, -0.25) is 14.7 Å². The number of benzene rings is 2. The van der Waals surface area contributed by atoms with Crippen molar-refractivity contribution in [3.05, 3.63) is 78.6 Å². The Morgan fingerprint density at radius 1 is 1.03 bits per heavy atom. The van der Waals surface area contributed by atoms with Crippen LogP contribution in [0.1, 0.15) is 12.0 Å². The number of aryl methyl sites for hydroxylation is 1. The monoisotopic (exact) mass is 416 g/mol. The minimum absolute atomic E-state index is 0.0273. The molecule has 0 unspecified atom stereocenters. The fraction of sp³-hybridized carbons (Fsp3) is 0.208. The molecular formula is C24H24N4O3. The Bertz CT molecular complexity index is 1040. The molecular weight excluding hydrogens is 392 g/mol. The van der Waals surface area contributed by atoms with Crippen LogP contribution in [0.3, 0.4) is 0 Å². The summed E-state index contributed by atoms with van der Waals surface area (Å²) in [6, 6.07) is 18.5. The first kappa shape index (κ1) is 20.4. The number of nitrogens with two attached hydrogens (primary N) is 1. The second-order valence-corrected chi connectivity index (χ2v) is 7.43. The van der Waals surface area contributed by atoms with Crippen LogP contribution >= 0.6 is 0 Å². The van der Waals surface area contributed by atoms with Gasteiger partial charge in [-0.2, -0.15) is 0 Å². The van der Waals surface area contributed by atoms with E-state index in [0.717, 1.165) is 16.7 Å².